The Hall–Kier alpha value is -1.68. The Kier molecular flexibility index (Phi) is 24.7. The van der Waals surface area contributed by atoms with E-state index in [0.717, 1.165) is 0 Å². The molecule has 10 heavy (non-hydrogen) atoms. The molecule has 0 atom stereocenters. The summed E-state index contributed by atoms with van der Waals surface area (Å²) in [5, 5.41) is 15.2. The number of nitro groups is 2. The molecular weight excluding hydrogens is 148 g/mol. The number of rotatable bonds is 0. The molecular formula is H8N6O4. The van der Waals surface area contributed by atoms with Gasteiger partial charge in [-0.2, -0.15) is 11.7 Å². The van der Waals surface area contributed by atoms with Crippen molar-refractivity contribution < 1.29 is 10.1 Å². The third kappa shape index (κ3) is 63.4. The van der Waals surface area contributed by atoms with Gasteiger partial charge in [-0.05, 0) is 0 Å². The van der Waals surface area contributed by atoms with Crippen LogP contribution in [0.2, 0.25) is 0 Å². The zero-order valence-electron chi connectivity index (χ0n) is 4.84. The highest BCUT2D eigenvalue weighted by molar-refractivity contribution is 3.87. The van der Waals surface area contributed by atoms with E-state index in [2.05, 4.69) is 23.4 Å². The molecule has 0 rings (SSSR count). The number of nitrogens with zero attached hydrogens (tertiary/aromatic N) is 2. The molecule has 0 bridgehead atoms. The highest BCUT2D eigenvalue weighted by atomic mass is 16.7. The van der Waals surface area contributed by atoms with Gasteiger partial charge in [-0.1, -0.05) is 0 Å². The molecule has 0 aromatic heterocycles. The van der Waals surface area contributed by atoms with Gasteiger partial charge in [-0.25, -0.2) is 20.2 Å². The van der Waals surface area contributed by atoms with Gasteiger partial charge < -0.3 is 0 Å². The first-order chi connectivity index (χ1) is 4.46. The van der Waals surface area contributed by atoms with Gasteiger partial charge in [0.1, 0.15) is 0 Å². The molecule has 0 heterocycles. The maximum Gasteiger partial charge on any atom is 0.154 e. The van der Waals surface area contributed by atoms with Crippen LogP contribution in [0.15, 0.2) is 0 Å². The second kappa shape index (κ2) is 15.7. The summed E-state index contributed by atoms with van der Waals surface area (Å²) in [4.78, 5) is 17.2. The van der Waals surface area contributed by atoms with Crippen LogP contribution in [0, 0.1) is 20.2 Å². The van der Waals surface area contributed by atoms with Gasteiger partial charge in [-0.3, -0.25) is 11.7 Å². The molecule has 0 radical (unpaired) electrons. The highest BCUT2D eigenvalue weighted by Crippen LogP contribution is 1.29. The zero-order chi connectivity index (χ0) is 9.15. The van der Waals surface area contributed by atoms with Crippen LogP contribution in [-0.4, -0.2) is 10.1 Å². The van der Waals surface area contributed by atoms with Crippen LogP contribution in [0.3, 0.4) is 0 Å². The molecule has 0 unspecified atom stereocenters. The predicted molar refractivity (Wildman–Crippen MR) is 30.7 cm³/mol. The summed E-state index contributed by atoms with van der Waals surface area (Å²) >= 11 is 0. The lowest BCUT2D eigenvalue weighted by Gasteiger charge is -1.61. The average molecular weight is 156 g/mol. The van der Waals surface area contributed by atoms with E-state index < -0.39 is 10.1 Å². The second-order valence-electron chi connectivity index (χ2n) is 0.571. The van der Waals surface area contributed by atoms with Crippen LogP contribution < -0.4 is 23.4 Å². The van der Waals surface area contributed by atoms with E-state index in [-0.39, 0.29) is 0 Å². The van der Waals surface area contributed by atoms with Crippen molar-refractivity contribution in [3.8, 4) is 0 Å². The number of hydrogen-bond donors (Lipinski definition) is 4. The van der Waals surface area contributed by atoms with Gasteiger partial charge in [0.05, 0.1) is 0 Å². The molecule has 0 amide bonds. The van der Waals surface area contributed by atoms with E-state index in [1.807, 2.05) is 0 Å². The molecule has 0 saturated carbocycles. The molecule has 0 fully saturated rings. The molecule has 10 nitrogen and oxygen atoms in total. The number of nitrogens with two attached hydrogens (primary N) is 4. The molecule has 0 spiro atoms. The zero-order valence-corrected chi connectivity index (χ0v) is 4.84. The topological polar surface area (TPSA) is 190 Å². The van der Waals surface area contributed by atoms with E-state index in [0.29, 0.717) is 0 Å². The van der Waals surface area contributed by atoms with Crippen LogP contribution in [0.1, 0.15) is 0 Å². The van der Waals surface area contributed by atoms with Crippen LogP contribution in [-0.2, 0) is 0 Å². The summed E-state index contributed by atoms with van der Waals surface area (Å²) in [6, 6.07) is 0. The van der Waals surface area contributed by atoms with Gasteiger partial charge in [-0.15, -0.1) is 0 Å². The molecule has 0 aromatic rings. The Morgan fingerprint density at radius 2 is 0.900 bits per heavy atom. The standard InChI is InChI=1S/2H2N2O2.H4N2/c2*1-2(3)4;1-2/h2*1H2;1-2H2. The summed E-state index contributed by atoms with van der Waals surface area (Å²) in [5.74, 6) is 15.7. The van der Waals surface area contributed by atoms with Crippen molar-refractivity contribution in [3.63, 3.8) is 0 Å². The fraction of sp³-hybridized carbons (Fsp3) is 0. The van der Waals surface area contributed by atoms with E-state index >= 15 is 0 Å². The maximum atomic E-state index is 8.58. The third-order valence-corrected chi connectivity index (χ3v) is 0. The minimum atomic E-state index is -1.00. The van der Waals surface area contributed by atoms with Crippen LogP contribution in [0.5, 0.6) is 0 Å². The lowest BCUT2D eigenvalue weighted by molar-refractivity contribution is -0.491. The maximum absolute atomic E-state index is 8.58. The van der Waals surface area contributed by atoms with Gasteiger partial charge in [0, 0.05) is 0 Å². The van der Waals surface area contributed by atoms with Crippen LogP contribution >= 0.6 is 0 Å². The van der Waals surface area contributed by atoms with Crippen molar-refractivity contribution in [1.29, 1.82) is 0 Å². The Bertz CT molecular complexity index is 67.7. The molecule has 62 valence electrons. The summed E-state index contributed by atoms with van der Waals surface area (Å²) in [7, 11) is 0. The Morgan fingerprint density at radius 3 is 0.900 bits per heavy atom. The molecule has 8 N–H and O–H groups in total. The number of hydrazine groups is 3. The van der Waals surface area contributed by atoms with Crippen molar-refractivity contribution in [3.05, 3.63) is 20.2 Å². The van der Waals surface area contributed by atoms with Gasteiger partial charge in [0.2, 0.25) is 0 Å². The predicted octanol–water partition coefficient (Wildman–Crippen LogP) is -2.91. The van der Waals surface area contributed by atoms with Crippen LogP contribution in [0.4, 0.5) is 0 Å². The fourth-order valence-corrected chi connectivity index (χ4v) is 0. The summed E-state index contributed by atoms with van der Waals surface area (Å²) < 4.78 is 0. The molecule has 10 heteroatoms. The molecule has 0 aliphatic rings. The molecule has 0 aliphatic carbocycles. The molecule has 0 aliphatic heterocycles. The largest absolute Gasteiger partial charge is 0.274 e. The van der Waals surface area contributed by atoms with Crippen LogP contribution in [0.25, 0.3) is 0 Å². The van der Waals surface area contributed by atoms with Crippen molar-refractivity contribution in [1.82, 2.24) is 0 Å². The molecule has 0 aromatic carbocycles. The number of hydrogen-bond acceptors (Lipinski definition) is 6. The minimum absolute atomic E-state index is 1.00. The lowest BCUT2D eigenvalue weighted by atomic mass is 12.8. The first-order valence-corrected chi connectivity index (χ1v) is 1.58. The third-order valence-electron chi connectivity index (χ3n) is 0. The van der Waals surface area contributed by atoms with Crippen molar-refractivity contribution in [2.75, 3.05) is 0 Å². The Labute approximate surface area is 55.0 Å². The van der Waals surface area contributed by atoms with Crippen molar-refractivity contribution in [2.45, 2.75) is 0 Å². The SMILES string of the molecule is NN.N[N+](=O)[O-].N[N+](=O)[O-]. The van der Waals surface area contributed by atoms with E-state index in [9.17, 15) is 0 Å². The summed E-state index contributed by atoms with van der Waals surface area (Å²) in [6.07, 6.45) is 0. The quantitative estimate of drug-likeness (QED) is 0.163. The van der Waals surface area contributed by atoms with Gasteiger partial charge in [0.15, 0.2) is 10.1 Å². The summed E-state index contributed by atoms with van der Waals surface area (Å²) in [5.41, 5.74) is 0. The van der Waals surface area contributed by atoms with E-state index in [1.54, 1.807) is 0 Å². The van der Waals surface area contributed by atoms with Crippen molar-refractivity contribution >= 4 is 0 Å². The van der Waals surface area contributed by atoms with E-state index in [4.69, 9.17) is 20.2 Å². The monoisotopic (exact) mass is 156 g/mol. The molecule has 0 saturated heterocycles. The second-order valence-corrected chi connectivity index (χ2v) is 0.571. The fourth-order valence-electron chi connectivity index (χ4n) is 0. The van der Waals surface area contributed by atoms with Crippen molar-refractivity contribution in [2.24, 2.45) is 23.4 Å². The van der Waals surface area contributed by atoms with E-state index in [1.165, 1.54) is 0 Å². The minimum Gasteiger partial charge on any atom is -0.274 e. The Morgan fingerprint density at radius 1 is 0.900 bits per heavy atom. The Balaban J connectivity index is -0.0000000787. The lowest BCUT2D eigenvalue weighted by Crippen LogP contribution is -2.04. The van der Waals surface area contributed by atoms with Gasteiger partial charge in [0.25, 0.3) is 0 Å². The highest BCUT2D eigenvalue weighted by Gasteiger charge is 1.57. The normalized spacial score (nSPS) is 5.40. The first kappa shape index (κ1) is 15.8. The first-order valence-electron chi connectivity index (χ1n) is 1.58. The smallest absolute Gasteiger partial charge is 0.154 e. The average Bonchev–Trinajstić information content (AvgIpc) is 1.66. The van der Waals surface area contributed by atoms with Gasteiger partial charge >= 0.3 is 0 Å². The summed E-state index contributed by atoms with van der Waals surface area (Å²) in [6.45, 7) is 0.